The molecular formula is C18H20FN5S. The molecule has 4 rings (SSSR count). The van der Waals surface area contributed by atoms with E-state index in [9.17, 15) is 4.39 Å². The second-order valence-corrected chi connectivity index (χ2v) is 7.00. The first-order chi connectivity index (χ1) is 12.1. The number of pyridine rings is 1. The second-order valence-electron chi connectivity index (χ2n) is 6.27. The highest BCUT2D eigenvalue weighted by Crippen LogP contribution is 2.29. The monoisotopic (exact) mass is 357 g/mol. The lowest BCUT2D eigenvalue weighted by Crippen LogP contribution is -2.46. The Bertz CT molecular complexity index is 902. The maximum Gasteiger partial charge on any atom is 0.205 e. The predicted octanol–water partition coefficient (Wildman–Crippen LogP) is 3.42. The molecule has 1 fully saturated rings. The second kappa shape index (κ2) is 6.55. The quantitative estimate of drug-likeness (QED) is 0.719. The fourth-order valence-corrected chi connectivity index (χ4v) is 4.03. The van der Waals surface area contributed by atoms with Crippen LogP contribution in [-0.2, 0) is 6.42 Å². The largest absolute Gasteiger partial charge is 0.367 e. The first kappa shape index (κ1) is 16.2. The number of nitrogens with zero attached hydrogens (tertiary/aromatic N) is 5. The predicted molar refractivity (Wildman–Crippen MR) is 100 cm³/mol. The molecule has 0 radical (unpaired) electrons. The Kier molecular flexibility index (Phi) is 4.25. The normalized spacial score (nSPS) is 15.2. The van der Waals surface area contributed by atoms with Crippen LogP contribution in [0.2, 0.25) is 0 Å². The molecule has 0 amide bonds. The number of aryl methyl sites for hydroxylation is 2. The lowest BCUT2D eigenvalue weighted by Gasteiger charge is -2.36. The first-order valence-corrected chi connectivity index (χ1v) is 9.31. The minimum Gasteiger partial charge on any atom is -0.367 e. The van der Waals surface area contributed by atoms with Gasteiger partial charge in [0.05, 0.1) is 5.52 Å². The molecule has 0 atom stereocenters. The zero-order chi connectivity index (χ0) is 17.4. The highest BCUT2D eigenvalue weighted by molar-refractivity contribution is 7.09. The van der Waals surface area contributed by atoms with Crippen LogP contribution in [0.4, 0.5) is 15.2 Å². The van der Waals surface area contributed by atoms with E-state index in [2.05, 4.69) is 37.1 Å². The number of rotatable bonds is 3. The van der Waals surface area contributed by atoms with Crippen molar-refractivity contribution < 1.29 is 4.39 Å². The molecule has 2 aromatic heterocycles. The van der Waals surface area contributed by atoms with Gasteiger partial charge < -0.3 is 9.80 Å². The Morgan fingerprint density at radius 3 is 2.56 bits per heavy atom. The van der Waals surface area contributed by atoms with Gasteiger partial charge in [0.15, 0.2) is 0 Å². The van der Waals surface area contributed by atoms with Crippen LogP contribution in [-0.4, -0.2) is 40.5 Å². The topological polar surface area (TPSA) is 45.2 Å². The SMILES string of the molecule is CCc1nsc(N2CCN(c3cc(C)nc4ccc(F)cc34)CC2)n1. The summed E-state index contributed by atoms with van der Waals surface area (Å²) in [6, 6.07) is 6.86. The lowest BCUT2D eigenvalue weighted by atomic mass is 10.1. The van der Waals surface area contributed by atoms with Crippen molar-refractivity contribution >= 4 is 33.3 Å². The van der Waals surface area contributed by atoms with Crippen molar-refractivity contribution in [3.8, 4) is 0 Å². The molecule has 5 nitrogen and oxygen atoms in total. The highest BCUT2D eigenvalue weighted by Gasteiger charge is 2.22. The highest BCUT2D eigenvalue weighted by atomic mass is 32.1. The number of anilines is 2. The number of hydrogen-bond donors (Lipinski definition) is 0. The Hall–Kier alpha value is -2.28. The summed E-state index contributed by atoms with van der Waals surface area (Å²) in [5.41, 5.74) is 2.86. The van der Waals surface area contributed by atoms with Gasteiger partial charge in [-0.1, -0.05) is 6.92 Å². The van der Waals surface area contributed by atoms with Gasteiger partial charge in [-0.2, -0.15) is 4.37 Å². The van der Waals surface area contributed by atoms with Crippen LogP contribution in [0.1, 0.15) is 18.4 Å². The van der Waals surface area contributed by atoms with E-state index in [1.165, 1.54) is 17.6 Å². The van der Waals surface area contributed by atoms with Gasteiger partial charge in [-0.25, -0.2) is 9.37 Å². The molecule has 1 aromatic carbocycles. The molecule has 0 N–H and O–H groups in total. The molecule has 7 heteroatoms. The van der Waals surface area contributed by atoms with Crippen molar-refractivity contribution in [3.63, 3.8) is 0 Å². The van der Waals surface area contributed by atoms with Gasteiger partial charge in [-0.05, 0) is 31.2 Å². The molecule has 130 valence electrons. The minimum atomic E-state index is -0.223. The van der Waals surface area contributed by atoms with Gasteiger partial charge in [0, 0.05) is 60.9 Å². The molecule has 1 aliphatic rings. The van der Waals surface area contributed by atoms with Crippen molar-refractivity contribution in [1.82, 2.24) is 14.3 Å². The summed E-state index contributed by atoms with van der Waals surface area (Å²) in [4.78, 5) is 13.7. The van der Waals surface area contributed by atoms with Gasteiger partial charge in [0.2, 0.25) is 5.13 Å². The number of fused-ring (bicyclic) bond motifs is 1. The first-order valence-electron chi connectivity index (χ1n) is 8.53. The molecular weight excluding hydrogens is 337 g/mol. The molecule has 0 aliphatic carbocycles. The Balaban J connectivity index is 1.58. The maximum absolute atomic E-state index is 13.7. The van der Waals surface area contributed by atoms with Gasteiger partial charge in [0.25, 0.3) is 0 Å². The average Bonchev–Trinajstić information content (AvgIpc) is 3.11. The summed E-state index contributed by atoms with van der Waals surface area (Å²) in [5, 5.41) is 1.88. The van der Waals surface area contributed by atoms with Gasteiger partial charge in [0.1, 0.15) is 11.6 Å². The van der Waals surface area contributed by atoms with Crippen LogP contribution in [0.5, 0.6) is 0 Å². The van der Waals surface area contributed by atoms with E-state index in [1.807, 2.05) is 6.92 Å². The summed E-state index contributed by atoms with van der Waals surface area (Å²) in [6.07, 6.45) is 0.865. The molecule has 0 spiro atoms. The van der Waals surface area contributed by atoms with E-state index in [4.69, 9.17) is 0 Å². The van der Waals surface area contributed by atoms with E-state index in [1.54, 1.807) is 12.1 Å². The molecule has 0 unspecified atom stereocenters. The van der Waals surface area contributed by atoms with E-state index < -0.39 is 0 Å². The van der Waals surface area contributed by atoms with Crippen molar-refractivity contribution in [2.75, 3.05) is 36.0 Å². The Labute approximate surface area is 150 Å². The number of aromatic nitrogens is 3. The Morgan fingerprint density at radius 2 is 1.84 bits per heavy atom. The number of piperazine rings is 1. The van der Waals surface area contributed by atoms with Crippen LogP contribution in [0.25, 0.3) is 10.9 Å². The van der Waals surface area contributed by atoms with Crippen molar-refractivity contribution in [2.24, 2.45) is 0 Å². The molecule has 0 saturated carbocycles. The minimum absolute atomic E-state index is 0.223. The zero-order valence-corrected chi connectivity index (χ0v) is 15.2. The van der Waals surface area contributed by atoms with Crippen LogP contribution >= 0.6 is 11.5 Å². The molecule has 1 aliphatic heterocycles. The number of hydrogen-bond acceptors (Lipinski definition) is 6. The van der Waals surface area contributed by atoms with Crippen LogP contribution in [0.15, 0.2) is 24.3 Å². The fourth-order valence-electron chi connectivity index (χ4n) is 3.23. The van der Waals surface area contributed by atoms with E-state index in [-0.39, 0.29) is 5.82 Å². The fraction of sp³-hybridized carbons (Fsp3) is 0.389. The summed E-state index contributed by atoms with van der Waals surface area (Å²) in [7, 11) is 0. The maximum atomic E-state index is 13.7. The third-order valence-electron chi connectivity index (χ3n) is 4.54. The van der Waals surface area contributed by atoms with Gasteiger partial charge >= 0.3 is 0 Å². The van der Waals surface area contributed by atoms with E-state index in [0.717, 1.165) is 65.8 Å². The molecule has 25 heavy (non-hydrogen) atoms. The summed E-state index contributed by atoms with van der Waals surface area (Å²) in [6.45, 7) is 7.56. The van der Waals surface area contributed by atoms with Crippen LogP contribution < -0.4 is 9.80 Å². The van der Waals surface area contributed by atoms with Crippen molar-refractivity contribution in [1.29, 1.82) is 0 Å². The van der Waals surface area contributed by atoms with Crippen LogP contribution in [0, 0.1) is 12.7 Å². The third-order valence-corrected chi connectivity index (χ3v) is 5.36. The lowest BCUT2D eigenvalue weighted by molar-refractivity contribution is 0.629. The molecule has 0 bridgehead atoms. The van der Waals surface area contributed by atoms with Crippen molar-refractivity contribution in [2.45, 2.75) is 20.3 Å². The van der Waals surface area contributed by atoms with Gasteiger partial charge in [-0.3, -0.25) is 4.98 Å². The zero-order valence-electron chi connectivity index (χ0n) is 14.4. The summed E-state index contributed by atoms with van der Waals surface area (Å²) in [5.74, 6) is 0.688. The van der Waals surface area contributed by atoms with Crippen molar-refractivity contribution in [3.05, 3.63) is 41.6 Å². The smallest absolute Gasteiger partial charge is 0.205 e. The molecule has 3 heterocycles. The summed E-state index contributed by atoms with van der Waals surface area (Å²) >= 11 is 1.47. The van der Waals surface area contributed by atoms with E-state index >= 15 is 0 Å². The van der Waals surface area contributed by atoms with Gasteiger partial charge in [-0.15, -0.1) is 0 Å². The number of halogens is 1. The average molecular weight is 357 g/mol. The molecule has 3 aromatic rings. The number of benzene rings is 1. The van der Waals surface area contributed by atoms with E-state index in [0.29, 0.717) is 0 Å². The standard InChI is InChI=1S/C18H20FN5S/c1-3-17-21-18(25-22-17)24-8-6-23(7-9-24)16-10-12(2)20-15-5-4-13(19)11-14(15)16/h4-5,10-11H,3,6-9H2,1-2H3. The molecule has 1 saturated heterocycles. The summed E-state index contributed by atoms with van der Waals surface area (Å²) < 4.78 is 18.1. The van der Waals surface area contributed by atoms with Crippen LogP contribution in [0.3, 0.4) is 0 Å². The Morgan fingerprint density at radius 1 is 1.08 bits per heavy atom. The third kappa shape index (κ3) is 3.16.